The van der Waals surface area contributed by atoms with E-state index in [1.54, 1.807) is 0 Å². The molecular weight excluding hydrogens is 530 g/mol. The first-order valence-electron chi connectivity index (χ1n) is 16.3. The van der Waals surface area contributed by atoms with Crippen molar-refractivity contribution >= 4 is 5.57 Å². The van der Waals surface area contributed by atoms with Crippen LogP contribution in [0, 0.1) is 30.1 Å². The highest BCUT2D eigenvalue weighted by atomic mass is 14.6. The number of nitrogens with zero attached hydrogens (tertiary/aromatic N) is 1. The second-order valence-corrected chi connectivity index (χ2v) is 12.8. The number of terminal acetylenes is 1. The van der Waals surface area contributed by atoms with E-state index >= 15 is 0 Å². The van der Waals surface area contributed by atoms with Crippen molar-refractivity contribution in [3.05, 3.63) is 156 Å². The van der Waals surface area contributed by atoms with E-state index in [1.807, 2.05) is 18.5 Å². The third kappa shape index (κ3) is 7.03. The van der Waals surface area contributed by atoms with Gasteiger partial charge >= 0.3 is 0 Å². The molecule has 2 aliphatic rings. The van der Waals surface area contributed by atoms with Crippen molar-refractivity contribution < 1.29 is 0 Å². The van der Waals surface area contributed by atoms with Gasteiger partial charge in [0.25, 0.3) is 0 Å². The second kappa shape index (κ2) is 13.9. The number of allylic oxidation sites excluding steroid dienone is 5. The molecule has 1 saturated carbocycles. The molecule has 1 heterocycles. The van der Waals surface area contributed by atoms with Crippen LogP contribution in [0.25, 0.3) is 16.7 Å². The van der Waals surface area contributed by atoms with Gasteiger partial charge in [-0.15, -0.1) is 6.42 Å². The van der Waals surface area contributed by atoms with Gasteiger partial charge in [0.2, 0.25) is 0 Å². The van der Waals surface area contributed by atoms with Crippen LogP contribution in [0.1, 0.15) is 72.8 Å². The van der Waals surface area contributed by atoms with E-state index in [0.717, 1.165) is 36.0 Å². The second-order valence-electron chi connectivity index (χ2n) is 12.8. The number of hydrogen-bond donors (Lipinski definition) is 0. The molecule has 1 fully saturated rings. The lowest BCUT2D eigenvalue weighted by molar-refractivity contribution is 0.252. The molecule has 2 aliphatic carbocycles. The van der Waals surface area contributed by atoms with E-state index < -0.39 is 0 Å². The minimum absolute atomic E-state index is 0.396. The van der Waals surface area contributed by atoms with Crippen LogP contribution in [0.15, 0.2) is 128 Å². The van der Waals surface area contributed by atoms with E-state index in [-0.39, 0.29) is 0 Å². The molecule has 0 N–H and O–H groups in total. The molecule has 6 rings (SSSR count). The van der Waals surface area contributed by atoms with Crippen molar-refractivity contribution in [3.8, 4) is 23.5 Å². The van der Waals surface area contributed by atoms with Gasteiger partial charge < -0.3 is 0 Å². The third-order valence-corrected chi connectivity index (χ3v) is 9.74. The quantitative estimate of drug-likeness (QED) is 0.136. The van der Waals surface area contributed by atoms with Crippen LogP contribution in [0.5, 0.6) is 0 Å². The SMILES string of the molecule is C#Cc1ccc(CC2CCC(C(C(=C)CCc3ccccc3)c3ccc(C4=CC(C)C=C4)cc3)CC2)cc1-c1cccnc1. The third-order valence-electron chi connectivity index (χ3n) is 9.74. The summed E-state index contributed by atoms with van der Waals surface area (Å²) in [5.74, 6) is 5.10. The molecule has 0 saturated heterocycles. The number of hydrogen-bond acceptors (Lipinski definition) is 1. The Morgan fingerprint density at radius 1 is 0.909 bits per heavy atom. The smallest absolute Gasteiger partial charge is 0.0346 e. The molecule has 0 bridgehead atoms. The van der Waals surface area contributed by atoms with Crippen LogP contribution < -0.4 is 0 Å². The number of rotatable bonds is 10. The van der Waals surface area contributed by atoms with Gasteiger partial charge in [0, 0.05) is 29.4 Å². The molecule has 0 spiro atoms. The fraction of sp³-hybridized carbons (Fsp3) is 0.279. The van der Waals surface area contributed by atoms with Crippen LogP contribution in [-0.2, 0) is 12.8 Å². The van der Waals surface area contributed by atoms with E-state index in [2.05, 4.69) is 115 Å². The normalized spacial score (nSPS) is 20.1. The van der Waals surface area contributed by atoms with Crippen molar-refractivity contribution in [3.63, 3.8) is 0 Å². The molecule has 0 aliphatic heterocycles. The highest BCUT2D eigenvalue weighted by Crippen LogP contribution is 2.44. The first-order chi connectivity index (χ1) is 21.6. The Hall–Kier alpha value is -4.41. The van der Waals surface area contributed by atoms with Gasteiger partial charge in [-0.2, -0.15) is 0 Å². The lowest BCUT2D eigenvalue weighted by Crippen LogP contribution is -2.23. The molecule has 3 aromatic carbocycles. The summed E-state index contributed by atoms with van der Waals surface area (Å²) < 4.78 is 0. The lowest BCUT2D eigenvalue weighted by atomic mass is 9.69. The Bertz CT molecular complexity index is 1660. The molecule has 1 heteroatoms. The standard InChI is InChI=1S/C43H43N/c1-4-36-19-17-35(29-42(36)41-11-8-26-44-30-41)28-34-15-20-38(21-16-34)43(32(3)13-14-33-9-6-5-7-10-33)39-24-22-37(23-25-39)40-18-12-31(2)27-40/h1,5-12,17-19,22-27,29-31,34,38,43H,3,13-16,20-21,28H2,2H3. The largest absolute Gasteiger partial charge is 0.264 e. The van der Waals surface area contributed by atoms with Crippen LogP contribution in [-0.4, -0.2) is 4.98 Å². The van der Waals surface area contributed by atoms with Crippen LogP contribution in [0.4, 0.5) is 0 Å². The summed E-state index contributed by atoms with van der Waals surface area (Å²) in [5, 5.41) is 0. The van der Waals surface area contributed by atoms with E-state index in [4.69, 9.17) is 13.0 Å². The maximum absolute atomic E-state index is 5.85. The summed E-state index contributed by atoms with van der Waals surface area (Å²) in [5.41, 5.74) is 11.4. The Morgan fingerprint density at radius 3 is 2.39 bits per heavy atom. The van der Waals surface area contributed by atoms with Gasteiger partial charge in [-0.3, -0.25) is 4.98 Å². The van der Waals surface area contributed by atoms with Crippen molar-refractivity contribution in [2.45, 2.75) is 57.8 Å². The first-order valence-corrected chi connectivity index (χ1v) is 16.3. The zero-order valence-corrected chi connectivity index (χ0v) is 26.0. The number of benzene rings is 3. The average molecular weight is 574 g/mol. The summed E-state index contributed by atoms with van der Waals surface area (Å²) in [6.45, 7) is 6.97. The van der Waals surface area contributed by atoms with Crippen LogP contribution >= 0.6 is 0 Å². The van der Waals surface area contributed by atoms with Gasteiger partial charge in [-0.1, -0.05) is 110 Å². The summed E-state index contributed by atoms with van der Waals surface area (Å²) >= 11 is 0. The minimum Gasteiger partial charge on any atom is -0.264 e. The fourth-order valence-corrected chi connectivity index (χ4v) is 7.34. The van der Waals surface area contributed by atoms with E-state index in [0.29, 0.717) is 23.7 Å². The molecule has 44 heavy (non-hydrogen) atoms. The monoisotopic (exact) mass is 573 g/mol. The predicted molar refractivity (Wildman–Crippen MR) is 186 cm³/mol. The Labute approximate surface area is 264 Å². The minimum atomic E-state index is 0.396. The summed E-state index contributed by atoms with van der Waals surface area (Å²) in [6.07, 6.45) is 24.6. The van der Waals surface area contributed by atoms with Crippen molar-refractivity contribution in [1.29, 1.82) is 0 Å². The molecule has 4 aromatic rings. The number of pyridine rings is 1. The number of aromatic nitrogens is 1. The van der Waals surface area contributed by atoms with E-state index in [9.17, 15) is 0 Å². The summed E-state index contributed by atoms with van der Waals surface area (Å²) in [7, 11) is 0. The zero-order valence-electron chi connectivity index (χ0n) is 26.0. The first kappa shape index (κ1) is 29.7. The summed E-state index contributed by atoms with van der Waals surface area (Å²) in [6, 6.07) is 31.0. The molecule has 2 atom stereocenters. The predicted octanol–water partition coefficient (Wildman–Crippen LogP) is 10.6. The highest BCUT2D eigenvalue weighted by Gasteiger charge is 2.30. The lowest BCUT2D eigenvalue weighted by Gasteiger charge is -2.36. The molecule has 0 amide bonds. The van der Waals surface area contributed by atoms with Crippen molar-refractivity contribution in [2.75, 3.05) is 0 Å². The Balaban J connectivity index is 1.16. The summed E-state index contributed by atoms with van der Waals surface area (Å²) in [4.78, 5) is 4.32. The van der Waals surface area contributed by atoms with Gasteiger partial charge in [-0.25, -0.2) is 0 Å². The molecule has 1 aromatic heterocycles. The van der Waals surface area contributed by atoms with Gasteiger partial charge in [0.15, 0.2) is 0 Å². The van der Waals surface area contributed by atoms with Crippen molar-refractivity contribution in [2.24, 2.45) is 17.8 Å². The Kier molecular flexibility index (Phi) is 9.38. The maximum atomic E-state index is 5.85. The maximum Gasteiger partial charge on any atom is 0.0346 e. The van der Waals surface area contributed by atoms with Gasteiger partial charge in [0.1, 0.15) is 0 Å². The van der Waals surface area contributed by atoms with Gasteiger partial charge in [-0.05, 0) is 114 Å². The number of aryl methyl sites for hydroxylation is 1. The fourth-order valence-electron chi connectivity index (χ4n) is 7.34. The molecule has 2 unspecified atom stereocenters. The van der Waals surface area contributed by atoms with Crippen LogP contribution in [0.2, 0.25) is 0 Å². The topological polar surface area (TPSA) is 12.9 Å². The Morgan fingerprint density at radius 2 is 1.70 bits per heavy atom. The van der Waals surface area contributed by atoms with Crippen molar-refractivity contribution in [1.82, 2.24) is 4.98 Å². The van der Waals surface area contributed by atoms with Gasteiger partial charge in [0.05, 0.1) is 0 Å². The van der Waals surface area contributed by atoms with E-state index in [1.165, 1.54) is 59.1 Å². The molecule has 1 nitrogen and oxygen atoms in total. The van der Waals surface area contributed by atoms with Crippen LogP contribution in [0.3, 0.4) is 0 Å². The zero-order chi connectivity index (χ0) is 30.3. The molecular formula is C43H43N. The molecule has 220 valence electrons. The molecule has 0 radical (unpaired) electrons. The average Bonchev–Trinajstić information content (AvgIpc) is 3.52. The highest BCUT2D eigenvalue weighted by molar-refractivity contribution is 5.77.